The van der Waals surface area contributed by atoms with Crippen molar-refractivity contribution < 1.29 is 13.5 Å². The Bertz CT molecular complexity index is 499. The molecule has 2 atom stereocenters. The van der Waals surface area contributed by atoms with Crippen molar-refractivity contribution >= 4 is 21.4 Å². The van der Waals surface area contributed by atoms with Crippen molar-refractivity contribution in [1.29, 1.82) is 0 Å². The van der Waals surface area contributed by atoms with E-state index in [0.29, 0.717) is 4.88 Å². The van der Waals surface area contributed by atoms with Crippen LogP contribution in [0.15, 0.2) is 16.3 Å². The zero-order chi connectivity index (χ0) is 13.3. The Hall–Kier alpha value is -0.430. The summed E-state index contributed by atoms with van der Waals surface area (Å²) in [5, 5.41) is 10.9. The van der Waals surface area contributed by atoms with Crippen LogP contribution in [0.4, 0.5) is 0 Å². The molecule has 102 valence electrons. The first-order chi connectivity index (χ1) is 8.48. The van der Waals surface area contributed by atoms with Crippen LogP contribution >= 0.6 is 11.3 Å². The molecule has 2 rings (SSSR count). The minimum absolute atomic E-state index is 0.0326. The Morgan fingerprint density at radius 3 is 2.56 bits per heavy atom. The molecule has 0 saturated carbocycles. The third kappa shape index (κ3) is 2.34. The van der Waals surface area contributed by atoms with Gasteiger partial charge in [-0.3, -0.25) is 0 Å². The van der Waals surface area contributed by atoms with Crippen molar-refractivity contribution in [2.45, 2.75) is 56.7 Å². The second kappa shape index (κ2) is 5.28. The minimum Gasteiger partial charge on any atom is -0.391 e. The van der Waals surface area contributed by atoms with Crippen molar-refractivity contribution in [2.24, 2.45) is 0 Å². The maximum Gasteiger partial charge on any atom is 0.244 e. The number of sulfonamides is 1. The molecule has 1 aromatic rings. The summed E-state index contributed by atoms with van der Waals surface area (Å²) < 4.78 is 26.9. The number of rotatable bonds is 3. The zero-order valence-electron chi connectivity index (χ0n) is 10.7. The van der Waals surface area contributed by atoms with Gasteiger partial charge < -0.3 is 5.11 Å². The van der Waals surface area contributed by atoms with E-state index in [0.717, 1.165) is 19.3 Å². The molecular weight excluding hydrogens is 270 g/mol. The number of piperidine rings is 1. The van der Waals surface area contributed by atoms with E-state index < -0.39 is 10.0 Å². The van der Waals surface area contributed by atoms with Gasteiger partial charge in [0.1, 0.15) is 0 Å². The molecule has 0 aliphatic carbocycles. The van der Waals surface area contributed by atoms with Crippen molar-refractivity contribution in [3.05, 3.63) is 16.3 Å². The first-order valence-corrected chi connectivity index (χ1v) is 8.51. The van der Waals surface area contributed by atoms with Gasteiger partial charge in [-0.25, -0.2) is 8.42 Å². The van der Waals surface area contributed by atoms with Crippen LogP contribution < -0.4 is 0 Å². The summed E-state index contributed by atoms with van der Waals surface area (Å²) >= 11 is 1.29. The van der Waals surface area contributed by atoms with Gasteiger partial charge in [0, 0.05) is 17.0 Å². The first-order valence-electron chi connectivity index (χ1n) is 6.19. The molecule has 0 amide bonds. The highest BCUT2D eigenvalue weighted by Gasteiger charge is 2.36. The standard InChI is InChI=1S/C12H19NO3S2/c1-9-4-3-5-10(2)13(9)18(15,16)12-6-7-17-11(12)8-14/h6-7,9-10,14H,3-5,8H2,1-2H3. The fourth-order valence-corrected chi connectivity index (χ4v) is 5.81. The van der Waals surface area contributed by atoms with Crippen LogP contribution in [0.5, 0.6) is 0 Å². The van der Waals surface area contributed by atoms with Gasteiger partial charge in [-0.1, -0.05) is 6.42 Å². The van der Waals surface area contributed by atoms with Crippen molar-refractivity contribution in [3.8, 4) is 0 Å². The molecule has 1 N–H and O–H groups in total. The van der Waals surface area contributed by atoms with Gasteiger partial charge in [0.15, 0.2) is 0 Å². The van der Waals surface area contributed by atoms with Gasteiger partial charge in [0.2, 0.25) is 10.0 Å². The summed E-state index contributed by atoms with van der Waals surface area (Å²) in [5.41, 5.74) is 0. The summed E-state index contributed by atoms with van der Waals surface area (Å²) in [5.74, 6) is 0. The third-order valence-electron chi connectivity index (χ3n) is 3.52. The van der Waals surface area contributed by atoms with Crippen molar-refractivity contribution in [3.63, 3.8) is 0 Å². The molecule has 1 aromatic heterocycles. The molecule has 2 unspecified atom stereocenters. The van der Waals surface area contributed by atoms with Gasteiger partial charge in [-0.05, 0) is 38.1 Å². The minimum atomic E-state index is -3.48. The molecule has 6 heteroatoms. The lowest BCUT2D eigenvalue weighted by molar-refractivity contribution is 0.203. The van der Waals surface area contributed by atoms with Crippen molar-refractivity contribution in [2.75, 3.05) is 0 Å². The second-order valence-electron chi connectivity index (χ2n) is 4.83. The molecular formula is C12H19NO3S2. The largest absolute Gasteiger partial charge is 0.391 e. The van der Waals surface area contributed by atoms with Crippen molar-refractivity contribution in [1.82, 2.24) is 4.31 Å². The Kier molecular flexibility index (Phi) is 4.11. The number of thiophene rings is 1. The van der Waals surface area contributed by atoms with Gasteiger partial charge in [0.05, 0.1) is 11.5 Å². The summed E-state index contributed by atoms with van der Waals surface area (Å²) in [7, 11) is -3.48. The lowest BCUT2D eigenvalue weighted by Gasteiger charge is -2.37. The number of aliphatic hydroxyl groups is 1. The highest BCUT2D eigenvalue weighted by Crippen LogP contribution is 2.32. The molecule has 1 fully saturated rings. The van der Waals surface area contributed by atoms with Crippen LogP contribution in [0.25, 0.3) is 0 Å². The molecule has 1 saturated heterocycles. The van der Waals surface area contributed by atoms with Gasteiger partial charge in [-0.15, -0.1) is 11.3 Å². The first kappa shape index (κ1) is 14.0. The Morgan fingerprint density at radius 1 is 1.39 bits per heavy atom. The van der Waals surface area contributed by atoms with Gasteiger partial charge in [-0.2, -0.15) is 4.31 Å². The number of hydrogen-bond donors (Lipinski definition) is 1. The average molecular weight is 289 g/mol. The van der Waals surface area contributed by atoms with Crippen LogP contribution in [-0.4, -0.2) is 29.9 Å². The molecule has 4 nitrogen and oxygen atoms in total. The lowest BCUT2D eigenvalue weighted by atomic mass is 10.0. The van der Waals surface area contributed by atoms with Gasteiger partial charge in [0.25, 0.3) is 0 Å². The van der Waals surface area contributed by atoms with E-state index in [1.807, 2.05) is 13.8 Å². The van der Waals surface area contributed by atoms with E-state index in [2.05, 4.69) is 0 Å². The van der Waals surface area contributed by atoms with E-state index in [4.69, 9.17) is 0 Å². The average Bonchev–Trinajstić information content (AvgIpc) is 2.77. The van der Waals surface area contributed by atoms with Crippen LogP contribution in [0.1, 0.15) is 38.0 Å². The quantitative estimate of drug-likeness (QED) is 0.928. The zero-order valence-corrected chi connectivity index (χ0v) is 12.3. The summed E-state index contributed by atoms with van der Waals surface area (Å²) in [6.07, 6.45) is 2.88. The smallest absolute Gasteiger partial charge is 0.244 e. The molecule has 0 aromatic carbocycles. The maximum absolute atomic E-state index is 12.7. The summed E-state index contributed by atoms with van der Waals surface area (Å²) in [6.45, 7) is 3.69. The third-order valence-corrected chi connectivity index (χ3v) is 6.76. The Balaban J connectivity index is 2.41. The summed E-state index contributed by atoms with van der Waals surface area (Å²) in [6, 6.07) is 1.66. The molecule has 0 bridgehead atoms. The van der Waals surface area contributed by atoms with E-state index in [1.165, 1.54) is 11.3 Å². The molecule has 0 radical (unpaired) electrons. The number of nitrogens with zero attached hydrogens (tertiary/aromatic N) is 1. The number of hydrogen-bond acceptors (Lipinski definition) is 4. The molecule has 1 aliphatic rings. The molecule has 0 spiro atoms. The predicted molar refractivity (Wildman–Crippen MR) is 72.0 cm³/mol. The fourth-order valence-electron chi connectivity index (χ4n) is 2.66. The molecule has 2 heterocycles. The Morgan fingerprint density at radius 2 is 2.00 bits per heavy atom. The van der Waals surface area contributed by atoms with Crippen LogP contribution in [0.2, 0.25) is 0 Å². The Labute approximate surface area is 112 Å². The van der Waals surface area contributed by atoms with E-state index in [9.17, 15) is 13.5 Å². The van der Waals surface area contributed by atoms with Crippen LogP contribution in [-0.2, 0) is 16.6 Å². The maximum atomic E-state index is 12.7. The highest BCUT2D eigenvalue weighted by atomic mass is 32.2. The normalized spacial score (nSPS) is 26.4. The lowest BCUT2D eigenvalue weighted by Crippen LogP contribution is -2.47. The predicted octanol–water partition coefficient (Wildman–Crippen LogP) is 2.19. The molecule has 1 aliphatic heterocycles. The van der Waals surface area contributed by atoms with Crippen LogP contribution in [0, 0.1) is 0 Å². The van der Waals surface area contributed by atoms with E-state index in [-0.39, 0.29) is 23.6 Å². The van der Waals surface area contributed by atoms with E-state index in [1.54, 1.807) is 15.8 Å². The second-order valence-corrected chi connectivity index (χ2v) is 7.64. The van der Waals surface area contributed by atoms with E-state index >= 15 is 0 Å². The number of aliphatic hydroxyl groups excluding tert-OH is 1. The topological polar surface area (TPSA) is 57.6 Å². The SMILES string of the molecule is CC1CCCC(C)N1S(=O)(=O)c1ccsc1CO. The highest BCUT2D eigenvalue weighted by molar-refractivity contribution is 7.89. The monoisotopic (exact) mass is 289 g/mol. The fraction of sp³-hybridized carbons (Fsp3) is 0.667. The van der Waals surface area contributed by atoms with Crippen LogP contribution in [0.3, 0.4) is 0 Å². The van der Waals surface area contributed by atoms with Gasteiger partial charge >= 0.3 is 0 Å². The molecule has 18 heavy (non-hydrogen) atoms. The summed E-state index contributed by atoms with van der Waals surface area (Å²) in [4.78, 5) is 0.801.